The van der Waals surface area contributed by atoms with E-state index in [1.807, 2.05) is 19.1 Å². The number of aliphatic hydroxyl groups excluding tert-OH is 1. The van der Waals surface area contributed by atoms with Crippen molar-refractivity contribution in [3.63, 3.8) is 0 Å². The van der Waals surface area contributed by atoms with Gasteiger partial charge >= 0.3 is 0 Å². The molecule has 0 aliphatic heterocycles. The quantitative estimate of drug-likeness (QED) is 0.853. The Balaban J connectivity index is 2.05. The van der Waals surface area contributed by atoms with Crippen molar-refractivity contribution >= 4 is 5.91 Å². The zero-order valence-electron chi connectivity index (χ0n) is 11.5. The fourth-order valence-electron chi connectivity index (χ4n) is 2.12. The molecule has 0 heterocycles. The minimum Gasteiger partial charge on any atom is -0.493 e. The predicted octanol–water partition coefficient (Wildman–Crippen LogP) is 1.93. The number of amides is 1. The van der Waals surface area contributed by atoms with E-state index in [1.54, 1.807) is 24.1 Å². The summed E-state index contributed by atoms with van der Waals surface area (Å²) < 4.78 is 5.46. The lowest BCUT2D eigenvalue weighted by molar-refractivity contribution is 0.0642. The highest BCUT2D eigenvalue weighted by molar-refractivity contribution is 5.96. The predicted molar refractivity (Wildman–Crippen MR) is 73.3 cm³/mol. The second-order valence-corrected chi connectivity index (χ2v) is 5.02. The first-order chi connectivity index (χ1) is 9.13. The lowest BCUT2D eigenvalue weighted by Crippen LogP contribution is -2.35. The van der Waals surface area contributed by atoms with Crippen molar-refractivity contribution < 1.29 is 14.6 Å². The maximum atomic E-state index is 12.4. The largest absolute Gasteiger partial charge is 0.493 e. The maximum absolute atomic E-state index is 12.4. The molecular weight excluding hydrogens is 242 g/mol. The molecule has 1 aliphatic rings. The summed E-state index contributed by atoms with van der Waals surface area (Å²) in [4.78, 5) is 13.9. The van der Waals surface area contributed by atoms with Gasteiger partial charge in [-0.05, 0) is 37.8 Å². The molecular formula is C15H21NO3. The minimum absolute atomic E-state index is 0.108. The van der Waals surface area contributed by atoms with E-state index in [9.17, 15) is 9.90 Å². The first-order valence-corrected chi connectivity index (χ1v) is 6.78. The summed E-state index contributed by atoms with van der Waals surface area (Å²) in [6.45, 7) is 2.80. The Morgan fingerprint density at radius 2 is 2.16 bits per heavy atom. The molecule has 1 N–H and O–H groups in total. The molecule has 1 aromatic rings. The van der Waals surface area contributed by atoms with Crippen LogP contribution in [0.4, 0.5) is 0 Å². The van der Waals surface area contributed by atoms with Crippen LogP contribution in [0.1, 0.15) is 30.1 Å². The van der Waals surface area contributed by atoms with Gasteiger partial charge in [0.25, 0.3) is 5.91 Å². The number of nitrogens with zero attached hydrogens (tertiary/aromatic N) is 1. The van der Waals surface area contributed by atoms with Gasteiger partial charge in [0.2, 0.25) is 0 Å². The molecule has 0 saturated heterocycles. The standard InChI is InChI=1S/C15H21NO3/c1-3-19-14-7-5-4-6-12(14)15(18)16(2)10-13(17)11-8-9-11/h4-7,11,13,17H,3,8-10H2,1-2H3. The lowest BCUT2D eigenvalue weighted by Gasteiger charge is -2.21. The third-order valence-electron chi connectivity index (χ3n) is 3.39. The van der Waals surface area contributed by atoms with Crippen molar-refractivity contribution in [2.45, 2.75) is 25.9 Å². The smallest absolute Gasteiger partial charge is 0.257 e. The highest BCUT2D eigenvalue weighted by Crippen LogP contribution is 2.33. The molecule has 4 heteroatoms. The summed E-state index contributed by atoms with van der Waals surface area (Å²) in [5.74, 6) is 0.865. The van der Waals surface area contributed by atoms with Crippen LogP contribution in [-0.2, 0) is 0 Å². The molecule has 1 atom stereocenters. The van der Waals surface area contributed by atoms with Gasteiger partial charge in [-0.1, -0.05) is 12.1 Å². The van der Waals surface area contributed by atoms with Crippen molar-refractivity contribution in [2.75, 3.05) is 20.2 Å². The van der Waals surface area contributed by atoms with E-state index in [0.29, 0.717) is 30.4 Å². The number of carbonyl (C=O) groups is 1. The summed E-state index contributed by atoms with van der Waals surface area (Å²) in [5.41, 5.74) is 0.551. The van der Waals surface area contributed by atoms with E-state index >= 15 is 0 Å². The van der Waals surface area contributed by atoms with Crippen LogP contribution < -0.4 is 4.74 Å². The summed E-state index contributed by atoms with van der Waals surface area (Å²) in [6, 6.07) is 7.22. The molecule has 4 nitrogen and oxygen atoms in total. The summed E-state index contributed by atoms with van der Waals surface area (Å²) in [5, 5.41) is 9.90. The number of para-hydroxylation sites is 1. The SMILES string of the molecule is CCOc1ccccc1C(=O)N(C)CC(O)C1CC1. The summed E-state index contributed by atoms with van der Waals surface area (Å²) in [6.07, 6.45) is 1.73. The second-order valence-electron chi connectivity index (χ2n) is 5.02. The number of likely N-dealkylation sites (N-methyl/N-ethyl adjacent to an activating group) is 1. The van der Waals surface area contributed by atoms with E-state index in [0.717, 1.165) is 12.8 Å². The molecule has 1 amide bonds. The Labute approximate surface area is 114 Å². The highest BCUT2D eigenvalue weighted by atomic mass is 16.5. The van der Waals surface area contributed by atoms with Crippen molar-refractivity contribution in [1.82, 2.24) is 4.90 Å². The Morgan fingerprint density at radius 1 is 1.47 bits per heavy atom. The molecule has 1 aliphatic carbocycles. The average Bonchev–Trinajstić information content (AvgIpc) is 3.23. The van der Waals surface area contributed by atoms with Crippen LogP contribution in [0.2, 0.25) is 0 Å². The van der Waals surface area contributed by atoms with E-state index in [-0.39, 0.29) is 5.91 Å². The molecule has 0 radical (unpaired) electrons. The third kappa shape index (κ3) is 3.47. The van der Waals surface area contributed by atoms with E-state index < -0.39 is 6.10 Å². The summed E-state index contributed by atoms with van der Waals surface area (Å²) in [7, 11) is 1.72. The van der Waals surface area contributed by atoms with Crippen LogP contribution in [0.5, 0.6) is 5.75 Å². The maximum Gasteiger partial charge on any atom is 0.257 e. The first-order valence-electron chi connectivity index (χ1n) is 6.78. The second kappa shape index (κ2) is 6.06. The Morgan fingerprint density at radius 3 is 2.79 bits per heavy atom. The molecule has 0 aromatic heterocycles. The molecule has 1 fully saturated rings. The van der Waals surface area contributed by atoms with Gasteiger partial charge in [0, 0.05) is 13.6 Å². The van der Waals surface area contributed by atoms with Crippen LogP contribution in [0.25, 0.3) is 0 Å². The van der Waals surface area contributed by atoms with Crippen molar-refractivity contribution in [3.8, 4) is 5.75 Å². The highest BCUT2D eigenvalue weighted by Gasteiger charge is 2.31. The summed E-state index contributed by atoms with van der Waals surface area (Å²) >= 11 is 0. The zero-order valence-corrected chi connectivity index (χ0v) is 11.5. The lowest BCUT2D eigenvalue weighted by atomic mass is 10.1. The van der Waals surface area contributed by atoms with Crippen molar-refractivity contribution in [2.24, 2.45) is 5.92 Å². The number of benzene rings is 1. The van der Waals surface area contributed by atoms with Gasteiger partial charge in [-0.3, -0.25) is 4.79 Å². The normalized spacial score (nSPS) is 15.9. The average molecular weight is 263 g/mol. The van der Waals surface area contributed by atoms with Crippen LogP contribution >= 0.6 is 0 Å². The van der Waals surface area contributed by atoms with Gasteiger partial charge in [-0.2, -0.15) is 0 Å². The van der Waals surface area contributed by atoms with Gasteiger partial charge in [0.1, 0.15) is 5.75 Å². The first kappa shape index (κ1) is 13.9. The van der Waals surface area contributed by atoms with Crippen LogP contribution in [0, 0.1) is 5.92 Å². The van der Waals surface area contributed by atoms with E-state index in [2.05, 4.69) is 0 Å². The fraction of sp³-hybridized carbons (Fsp3) is 0.533. The number of ether oxygens (including phenoxy) is 1. The van der Waals surface area contributed by atoms with E-state index in [4.69, 9.17) is 4.74 Å². The van der Waals surface area contributed by atoms with Gasteiger partial charge < -0.3 is 14.7 Å². The Hall–Kier alpha value is -1.55. The number of hydrogen-bond acceptors (Lipinski definition) is 3. The Kier molecular flexibility index (Phi) is 4.43. The minimum atomic E-state index is -0.409. The fourth-order valence-corrected chi connectivity index (χ4v) is 2.12. The van der Waals surface area contributed by atoms with Crippen LogP contribution in [-0.4, -0.2) is 42.2 Å². The van der Waals surface area contributed by atoms with Gasteiger partial charge in [0.15, 0.2) is 0 Å². The molecule has 19 heavy (non-hydrogen) atoms. The molecule has 0 bridgehead atoms. The molecule has 1 aromatic carbocycles. The number of rotatable bonds is 6. The van der Waals surface area contributed by atoms with Crippen LogP contribution in [0.3, 0.4) is 0 Å². The monoisotopic (exact) mass is 263 g/mol. The van der Waals surface area contributed by atoms with Gasteiger partial charge in [0.05, 0.1) is 18.3 Å². The van der Waals surface area contributed by atoms with Crippen LogP contribution in [0.15, 0.2) is 24.3 Å². The number of hydrogen-bond donors (Lipinski definition) is 1. The molecule has 2 rings (SSSR count). The number of carbonyl (C=O) groups excluding carboxylic acids is 1. The van der Waals surface area contributed by atoms with E-state index in [1.165, 1.54) is 0 Å². The third-order valence-corrected chi connectivity index (χ3v) is 3.39. The zero-order chi connectivity index (χ0) is 13.8. The molecule has 1 saturated carbocycles. The van der Waals surface area contributed by atoms with Crippen molar-refractivity contribution in [3.05, 3.63) is 29.8 Å². The van der Waals surface area contributed by atoms with Gasteiger partial charge in [-0.15, -0.1) is 0 Å². The topological polar surface area (TPSA) is 49.8 Å². The molecule has 104 valence electrons. The van der Waals surface area contributed by atoms with Crippen molar-refractivity contribution in [1.29, 1.82) is 0 Å². The number of aliphatic hydroxyl groups is 1. The molecule has 0 spiro atoms. The molecule has 1 unspecified atom stereocenters. The van der Waals surface area contributed by atoms with Gasteiger partial charge in [-0.25, -0.2) is 0 Å². The Bertz CT molecular complexity index is 443.